The summed E-state index contributed by atoms with van der Waals surface area (Å²) in [7, 11) is 1.63. The second kappa shape index (κ2) is 10.8. The molecule has 5 aromatic rings. The molecule has 12 nitrogen and oxygen atoms in total. The average Bonchev–Trinajstić information content (AvgIpc) is 3.67. The van der Waals surface area contributed by atoms with E-state index in [0.29, 0.717) is 29.9 Å². The molecule has 200 valence electrons. The van der Waals surface area contributed by atoms with E-state index in [9.17, 15) is 10.2 Å². The van der Waals surface area contributed by atoms with Crippen molar-refractivity contribution in [3.8, 4) is 5.75 Å². The predicted molar refractivity (Wildman–Crippen MR) is 141 cm³/mol. The molecule has 6 rings (SSSR count). The number of aliphatic hydroxyl groups excluding tert-OH is 2. The first-order chi connectivity index (χ1) is 19.1. The van der Waals surface area contributed by atoms with Crippen molar-refractivity contribution in [2.45, 2.75) is 44.1 Å². The van der Waals surface area contributed by atoms with Crippen molar-refractivity contribution < 1.29 is 19.7 Å². The maximum Gasteiger partial charge on any atom is 0.167 e. The summed E-state index contributed by atoms with van der Waals surface area (Å²) in [5.74, 6) is 1.33. The summed E-state index contributed by atoms with van der Waals surface area (Å²) in [6.45, 7) is 0.753. The number of aromatic nitrogens is 7. The van der Waals surface area contributed by atoms with Crippen molar-refractivity contribution in [2.24, 2.45) is 0 Å². The molecule has 0 aliphatic carbocycles. The highest BCUT2D eigenvalue weighted by atomic mass is 16.6. The van der Waals surface area contributed by atoms with Crippen LogP contribution in [0.15, 0.2) is 73.4 Å². The fourth-order valence-electron chi connectivity index (χ4n) is 4.70. The van der Waals surface area contributed by atoms with E-state index in [0.717, 1.165) is 22.6 Å². The molecule has 4 atom stereocenters. The molecule has 39 heavy (non-hydrogen) atoms. The number of hydrogen-bond acceptors (Lipinski definition) is 10. The molecule has 1 fully saturated rings. The van der Waals surface area contributed by atoms with Crippen molar-refractivity contribution >= 4 is 17.0 Å². The number of anilines is 1. The Balaban J connectivity index is 1.15. The zero-order chi connectivity index (χ0) is 26.8. The van der Waals surface area contributed by atoms with E-state index in [-0.39, 0.29) is 6.54 Å². The summed E-state index contributed by atoms with van der Waals surface area (Å²) in [4.78, 5) is 13.2. The summed E-state index contributed by atoms with van der Waals surface area (Å²) >= 11 is 0. The van der Waals surface area contributed by atoms with Crippen LogP contribution in [0.1, 0.15) is 23.0 Å². The number of aliphatic hydroxyl groups is 2. The van der Waals surface area contributed by atoms with Crippen molar-refractivity contribution in [2.75, 3.05) is 12.4 Å². The van der Waals surface area contributed by atoms with Gasteiger partial charge in [0.1, 0.15) is 30.4 Å². The number of ether oxygens (including phenoxy) is 2. The van der Waals surface area contributed by atoms with Gasteiger partial charge in [0.15, 0.2) is 23.2 Å². The van der Waals surface area contributed by atoms with Crippen LogP contribution in [-0.4, -0.2) is 70.1 Å². The van der Waals surface area contributed by atoms with Crippen LogP contribution in [-0.2, 0) is 24.2 Å². The number of nitrogens with one attached hydrogen (secondary N) is 1. The number of fused-ring (bicyclic) bond motifs is 1. The van der Waals surface area contributed by atoms with Gasteiger partial charge in [0.05, 0.1) is 25.7 Å². The van der Waals surface area contributed by atoms with Gasteiger partial charge in [-0.15, -0.1) is 5.10 Å². The van der Waals surface area contributed by atoms with Crippen LogP contribution in [0.25, 0.3) is 11.2 Å². The van der Waals surface area contributed by atoms with Gasteiger partial charge in [-0.25, -0.2) is 19.6 Å². The van der Waals surface area contributed by atoms with Crippen LogP contribution in [0, 0.1) is 0 Å². The van der Waals surface area contributed by atoms with Crippen molar-refractivity contribution in [1.82, 2.24) is 34.5 Å². The van der Waals surface area contributed by atoms with E-state index in [1.54, 1.807) is 16.4 Å². The lowest BCUT2D eigenvalue weighted by Gasteiger charge is -2.16. The maximum absolute atomic E-state index is 10.9. The van der Waals surface area contributed by atoms with Gasteiger partial charge in [-0.1, -0.05) is 47.7 Å². The first-order valence-electron chi connectivity index (χ1n) is 12.6. The SMILES string of the molecule is COc1ccc(CNc2ncnc3c2ncn3[C@@H]2O[C@H](Cn3cc(Cc4ccccc4)nn3)[C@@H](O)[C@H]2O)cc1. The number of hydrogen-bond donors (Lipinski definition) is 3. The van der Waals surface area contributed by atoms with Gasteiger partial charge in [0.2, 0.25) is 0 Å². The molecule has 0 unspecified atom stereocenters. The molecular weight excluding hydrogens is 500 g/mol. The Morgan fingerprint density at radius 1 is 0.974 bits per heavy atom. The van der Waals surface area contributed by atoms with Crippen LogP contribution in [0.5, 0.6) is 5.75 Å². The van der Waals surface area contributed by atoms with E-state index >= 15 is 0 Å². The molecule has 0 saturated carbocycles. The lowest BCUT2D eigenvalue weighted by Crippen LogP contribution is -2.33. The third-order valence-electron chi connectivity index (χ3n) is 6.77. The molecule has 0 spiro atoms. The Morgan fingerprint density at radius 2 is 1.79 bits per heavy atom. The summed E-state index contributed by atoms with van der Waals surface area (Å²) < 4.78 is 14.6. The van der Waals surface area contributed by atoms with E-state index in [4.69, 9.17) is 9.47 Å². The predicted octanol–water partition coefficient (Wildman–Crippen LogP) is 1.95. The monoisotopic (exact) mass is 528 g/mol. The highest BCUT2D eigenvalue weighted by molar-refractivity contribution is 5.82. The zero-order valence-corrected chi connectivity index (χ0v) is 21.2. The van der Waals surface area contributed by atoms with Crippen LogP contribution < -0.4 is 10.1 Å². The van der Waals surface area contributed by atoms with E-state index in [1.165, 1.54) is 12.7 Å². The Bertz CT molecular complexity index is 1540. The molecule has 1 aliphatic heterocycles. The standard InChI is InChI=1S/C27H28N8O4/c1-38-20-9-7-18(8-10-20)12-28-25-22-26(30-15-29-25)35(16-31-22)27-24(37)23(36)21(39-27)14-34-13-19(32-33-34)11-17-5-3-2-4-6-17/h2-10,13,15-16,21,23-24,27,36-37H,11-12,14H2,1H3,(H,28,29,30)/t21-,23-,24-,27-/m1/s1. The third kappa shape index (κ3) is 5.17. The molecule has 1 saturated heterocycles. The maximum atomic E-state index is 10.9. The van der Waals surface area contributed by atoms with Gasteiger partial charge in [-0.05, 0) is 23.3 Å². The smallest absolute Gasteiger partial charge is 0.167 e. The fourth-order valence-corrected chi connectivity index (χ4v) is 4.70. The molecule has 12 heteroatoms. The molecular formula is C27H28N8O4. The number of nitrogens with zero attached hydrogens (tertiary/aromatic N) is 7. The number of rotatable bonds is 9. The first-order valence-corrected chi connectivity index (χ1v) is 12.6. The minimum Gasteiger partial charge on any atom is -0.497 e. The normalized spacial score (nSPS) is 20.9. The van der Waals surface area contributed by atoms with Gasteiger partial charge < -0.3 is 25.0 Å². The van der Waals surface area contributed by atoms with Crippen molar-refractivity contribution in [1.29, 1.82) is 0 Å². The summed E-state index contributed by atoms with van der Waals surface area (Å²) in [6.07, 6.45) is 1.52. The van der Waals surface area contributed by atoms with Gasteiger partial charge in [0, 0.05) is 19.2 Å². The van der Waals surface area contributed by atoms with Crippen LogP contribution in [0.4, 0.5) is 5.82 Å². The van der Waals surface area contributed by atoms with Gasteiger partial charge in [-0.3, -0.25) is 4.57 Å². The number of imidazole rings is 1. The highest BCUT2D eigenvalue weighted by Gasteiger charge is 2.44. The first kappa shape index (κ1) is 24.9. The minimum atomic E-state index is -1.19. The lowest BCUT2D eigenvalue weighted by atomic mass is 10.1. The zero-order valence-electron chi connectivity index (χ0n) is 21.2. The minimum absolute atomic E-state index is 0.229. The van der Waals surface area contributed by atoms with E-state index in [1.807, 2.05) is 60.8 Å². The topological polar surface area (TPSA) is 145 Å². The molecule has 2 aromatic carbocycles. The molecule has 0 radical (unpaired) electrons. The third-order valence-corrected chi connectivity index (χ3v) is 6.77. The molecule has 4 heterocycles. The Hall–Kier alpha value is -4.39. The van der Waals surface area contributed by atoms with Crippen LogP contribution >= 0.6 is 0 Å². The fraction of sp³-hybridized carbons (Fsp3) is 0.296. The van der Waals surface area contributed by atoms with Gasteiger partial charge in [-0.2, -0.15) is 0 Å². The van der Waals surface area contributed by atoms with Gasteiger partial charge >= 0.3 is 0 Å². The molecule has 0 amide bonds. The molecule has 3 N–H and O–H groups in total. The van der Waals surface area contributed by atoms with E-state index in [2.05, 4.69) is 30.6 Å². The van der Waals surface area contributed by atoms with Crippen molar-refractivity contribution in [3.63, 3.8) is 0 Å². The summed E-state index contributed by atoms with van der Waals surface area (Å²) in [5, 5.41) is 33.3. The lowest BCUT2D eigenvalue weighted by molar-refractivity contribution is -0.0403. The molecule has 0 bridgehead atoms. The van der Waals surface area contributed by atoms with Crippen molar-refractivity contribution in [3.05, 3.63) is 90.3 Å². The summed E-state index contributed by atoms with van der Waals surface area (Å²) in [6, 6.07) is 17.7. The van der Waals surface area contributed by atoms with E-state index < -0.39 is 24.5 Å². The quantitative estimate of drug-likeness (QED) is 0.259. The molecule has 1 aliphatic rings. The number of benzene rings is 2. The summed E-state index contributed by atoms with van der Waals surface area (Å²) in [5.41, 5.74) is 3.98. The largest absolute Gasteiger partial charge is 0.497 e. The highest BCUT2D eigenvalue weighted by Crippen LogP contribution is 2.33. The Morgan fingerprint density at radius 3 is 2.59 bits per heavy atom. The van der Waals surface area contributed by atoms with Crippen LogP contribution in [0.2, 0.25) is 0 Å². The number of methoxy groups -OCH3 is 1. The Kier molecular flexibility index (Phi) is 6.88. The van der Waals surface area contributed by atoms with Gasteiger partial charge in [0.25, 0.3) is 0 Å². The molecule has 3 aromatic heterocycles. The second-order valence-corrected chi connectivity index (χ2v) is 9.39. The average molecular weight is 529 g/mol. The van der Waals surface area contributed by atoms with Crippen LogP contribution in [0.3, 0.4) is 0 Å². The second-order valence-electron chi connectivity index (χ2n) is 9.39. The Labute approximate surface area is 223 Å².